The second-order valence-corrected chi connectivity index (χ2v) is 9.87. The van der Waals surface area contributed by atoms with Crippen LogP contribution in [0.15, 0.2) is 60.7 Å². The van der Waals surface area contributed by atoms with Gasteiger partial charge in [-0.2, -0.15) is 0 Å². The molecule has 194 valence electrons. The molecule has 37 heavy (non-hydrogen) atoms. The molecule has 0 unspecified atom stereocenters. The fourth-order valence-electron chi connectivity index (χ4n) is 6.22. The molecular formula is C32H39N3O2. The fourth-order valence-corrected chi connectivity index (χ4v) is 6.22. The summed E-state index contributed by atoms with van der Waals surface area (Å²) in [6, 6.07) is 21.2. The molecule has 3 aromatic rings. The molecule has 0 saturated carbocycles. The molecule has 2 aliphatic heterocycles. The molecule has 0 saturated heterocycles. The predicted molar refractivity (Wildman–Crippen MR) is 152 cm³/mol. The van der Waals surface area contributed by atoms with Gasteiger partial charge >= 0.3 is 0 Å². The van der Waals surface area contributed by atoms with E-state index in [1.165, 1.54) is 0 Å². The van der Waals surface area contributed by atoms with Crippen molar-refractivity contribution in [1.29, 1.82) is 0 Å². The average molecular weight is 498 g/mol. The first kappa shape index (κ1) is 25.2. The third-order valence-corrected chi connectivity index (χ3v) is 8.12. The number of amides is 1. The first-order valence-corrected chi connectivity index (χ1v) is 13.9. The number of benzene rings is 3. The molecule has 0 aromatic heterocycles. The van der Waals surface area contributed by atoms with Gasteiger partial charge in [0.2, 0.25) is 0 Å². The minimum absolute atomic E-state index is 0.100. The maximum Gasteiger partial charge on any atom is 0.255 e. The molecule has 5 nitrogen and oxygen atoms in total. The van der Waals surface area contributed by atoms with Gasteiger partial charge in [0.25, 0.3) is 5.91 Å². The van der Waals surface area contributed by atoms with Crippen LogP contribution in [0.25, 0.3) is 0 Å². The number of hydrogen-bond donors (Lipinski definition) is 0. The van der Waals surface area contributed by atoms with Crippen LogP contribution in [-0.2, 0) is 5.54 Å². The zero-order valence-corrected chi connectivity index (χ0v) is 22.9. The van der Waals surface area contributed by atoms with Gasteiger partial charge in [-0.05, 0) is 57.9 Å². The lowest BCUT2D eigenvalue weighted by molar-refractivity contribution is 0.0662. The summed E-state index contributed by atoms with van der Waals surface area (Å²) in [6.45, 7) is 15.3. The smallest absolute Gasteiger partial charge is 0.255 e. The van der Waals surface area contributed by atoms with E-state index >= 15 is 0 Å². The van der Waals surface area contributed by atoms with Crippen LogP contribution >= 0.6 is 0 Å². The van der Waals surface area contributed by atoms with Crippen molar-refractivity contribution in [3.8, 4) is 11.5 Å². The number of hydrogen-bond acceptors (Lipinski definition) is 4. The Kier molecular flexibility index (Phi) is 6.89. The molecule has 1 amide bonds. The van der Waals surface area contributed by atoms with Crippen LogP contribution in [0.3, 0.4) is 0 Å². The Morgan fingerprint density at radius 1 is 0.730 bits per heavy atom. The maximum absolute atomic E-state index is 14.0. The Morgan fingerprint density at radius 3 is 1.78 bits per heavy atom. The van der Waals surface area contributed by atoms with Crippen LogP contribution in [0.2, 0.25) is 0 Å². The summed E-state index contributed by atoms with van der Waals surface area (Å²) < 4.78 is 6.74. The lowest BCUT2D eigenvalue weighted by Gasteiger charge is -2.45. The molecule has 0 bridgehead atoms. The van der Waals surface area contributed by atoms with Gasteiger partial charge in [-0.1, -0.05) is 43.7 Å². The standard InChI is InChI=1S/C32H39N3O2/c1-6-11-20-35-31(36)25-14-12-13-15-26(25)32(35)27-18-16-23(33(7-2)8-3)21-29(27)37-30-22-24(17-19-28(30)32)34(9-4)10-5/h12-19,21-22H,6-11,20H2,1-5H3. The van der Waals surface area contributed by atoms with E-state index in [-0.39, 0.29) is 5.91 Å². The van der Waals surface area contributed by atoms with Gasteiger partial charge in [0, 0.05) is 72.9 Å². The van der Waals surface area contributed by atoms with E-state index in [4.69, 9.17) is 4.74 Å². The molecular weight excluding hydrogens is 458 g/mol. The van der Waals surface area contributed by atoms with Crippen molar-refractivity contribution in [3.63, 3.8) is 0 Å². The van der Waals surface area contributed by atoms with Gasteiger partial charge in [0.1, 0.15) is 17.0 Å². The Bertz CT molecular complexity index is 1230. The number of fused-ring (bicyclic) bond motifs is 6. The van der Waals surface area contributed by atoms with Crippen LogP contribution in [0.4, 0.5) is 11.4 Å². The largest absolute Gasteiger partial charge is 0.456 e. The van der Waals surface area contributed by atoms with E-state index in [0.29, 0.717) is 6.54 Å². The predicted octanol–water partition coefficient (Wildman–Crippen LogP) is 7.03. The van der Waals surface area contributed by atoms with E-state index in [1.54, 1.807) is 0 Å². The van der Waals surface area contributed by atoms with E-state index in [9.17, 15) is 4.79 Å². The molecule has 3 aromatic carbocycles. The topological polar surface area (TPSA) is 36.0 Å². The quantitative estimate of drug-likeness (QED) is 0.318. The second kappa shape index (κ2) is 10.1. The van der Waals surface area contributed by atoms with Gasteiger partial charge < -0.3 is 19.4 Å². The molecule has 5 rings (SSSR count). The van der Waals surface area contributed by atoms with Crippen molar-refractivity contribution in [2.24, 2.45) is 0 Å². The van der Waals surface area contributed by atoms with E-state index in [1.807, 2.05) is 12.1 Å². The van der Waals surface area contributed by atoms with Crippen LogP contribution in [0.5, 0.6) is 11.5 Å². The summed E-state index contributed by atoms with van der Waals surface area (Å²) in [5.41, 5.74) is 5.49. The lowest BCUT2D eigenvalue weighted by Crippen LogP contribution is -2.47. The van der Waals surface area contributed by atoms with E-state index in [2.05, 4.69) is 97.8 Å². The monoisotopic (exact) mass is 497 g/mol. The van der Waals surface area contributed by atoms with Crippen molar-refractivity contribution >= 4 is 17.3 Å². The fraction of sp³-hybridized carbons (Fsp3) is 0.406. The summed E-state index contributed by atoms with van der Waals surface area (Å²) in [5.74, 6) is 1.77. The first-order chi connectivity index (χ1) is 18.0. The highest BCUT2D eigenvalue weighted by atomic mass is 16.5. The molecule has 0 atom stereocenters. The summed E-state index contributed by atoms with van der Waals surface area (Å²) >= 11 is 0. The minimum Gasteiger partial charge on any atom is -0.456 e. The third kappa shape index (κ3) is 3.78. The average Bonchev–Trinajstić information content (AvgIpc) is 3.17. The number of anilines is 2. The van der Waals surface area contributed by atoms with Gasteiger partial charge in [0.05, 0.1) is 0 Å². The van der Waals surface area contributed by atoms with Gasteiger partial charge in [-0.15, -0.1) is 0 Å². The number of ether oxygens (including phenoxy) is 1. The molecule has 2 heterocycles. The number of nitrogens with zero attached hydrogens (tertiary/aromatic N) is 3. The van der Waals surface area contributed by atoms with Crippen LogP contribution in [0.1, 0.15) is 74.5 Å². The van der Waals surface area contributed by atoms with Gasteiger partial charge in [-0.25, -0.2) is 0 Å². The summed E-state index contributed by atoms with van der Waals surface area (Å²) in [7, 11) is 0. The summed E-state index contributed by atoms with van der Waals surface area (Å²) in [5, 5.41) is 0. The second-order valence-electron chi connectivity index (χ2n) is 9.87. The SMILES string of the molecule is CCCCN1C(=O)c2ccccc2C12c1ccc(N(CC)CC)cc1Oc1cc(N(CC)CC)ccc12. The Hall–Kier alpha value is -3.47. The zero-order chi connectivity index (χ0) is 26.2. The molecule has 0 fully saturated rings. The summed E-state index contributed by atoms with van der Waals surface area (Å²) in [6.07, 6.45) is 1.97. The number of carbonyl (C=O) groups is 1. The Balaban J connectivity index is 1.81. The van der Waals surface area contributed by atoms with E-state index < -0.39 is 5.54 Å². The normalized spacial score (nSPS) is 14.7. The number of unbranched alkanes of at least 4 members (excludes halogenated alkanes) is 1. The first-order valence-electron chi connectivity index (χ1n) is 13.9. The van der Waals surface area contributed by atoms with Crippen LogP contribution < -0.4 is 14.5 Å². The van der Waals surface area contributed by atoms with Gasteiger partial charge in [-0.3, -0.25) is 4.79 Å². The number of carbonyl (C=O) groups excluding carboxylic acids is 1. The third-order valence-electron chi connectivity index (χ3n) is 8.12. The molecule has 0 aliphatic carbocycles. The molecule has 0 N–H and O–H groups in total. The molecule has 0 radical (unpaired) electrons. The van der Waals surface area contributed by atoms with Crippen molar-refractivity contribution in [3.05, 3.63) is 82.9 Å². The highest BCUT2D eigenvalue weighted by Gasteiger charge is 2.56. The van der Waals surface area contributed by atoms with Crippen molar-refractivity contribution < 1.29 is 9.53 Å². The van der Waals surface area contributed by atoms with E-state index in [0.717, 1.165) is 84.1 Å². The van der Waals surface area contributed by atoms with Crippen molar-refractivity contribution in [2.45, 2.75) is 53.0 Å². The van der Waals surface area contributed by atoms with Crippen LogP contribution in [-0.4, -0.2) is 43.5 Å². The van der Waals surface area contributed by atoms with Gasteiger partial charge in [0.15, 0.2) is 0 Å². The Labute approximate surface area is 221 Å². The highest BCUT2D eigenvalue weighted by Crippen LogP contribution is 2.58. The highest BCUT2D eigenvalue weighted by molar-refractivity contribution is 6.02. The van der Waals surface area contributed by atoms with Crippen molar-refractivity contribution in [2.75, 3.05) is 42.5 Å². The lowest BCUT2D eigenvalue weighted by atomic mass is 9.74. The minimum atomic E-state index is -0.713. The Morgan fingerprint density at radius 2 is 1.27 bits per heavy atom. The zero-order valence-electron chi connectivity index (χ0n) is 22.9. The molecule has 1 spiro atoms. The molecule has 2 aliphatic rings. The maximum atomic E-state index is 14.0. The number of rotatable bonds is 9. The molecule has 5 heteroatoms. The van der Waals surface area contributed by atoms with Crippen LogP contribution in [0, 0.1) is 0 Å². The van der Waals surface area contributed by atoms with Crippen molar-refractivity contribution in [1.82, 2.24) is 4.90 Å². The summed E-state index contributed by atoms with van der Waals surface area (Å²) in [4.78, 5) is 20.8.